The van der Waals surface area contributed by atoms with Crippen LogP contribution >= 0.6 is 0 Å². The van der Waals surface area contributed by atoms with Crippen molar-refractivity contribution in [2.75, 3.05) is 23.7 Å². The zero-order valence-electron chi connectivity index (χ0n) is 17.7. The molecule has 1 atom stereocenters. The van der Waals surface area contributed by atoms with Crippen LogP contribution in [0.3, 0.4) is 0 Å². The molecule has 158 valence electrons. The van der Waals surface area contributed by atoms with E-state index < -0.39 is 10.0 Å². The van der Waals surface area contributed by atoms with Gasteiger partial charge in [-0.1, -0.05) is 30.7 Å². The number of ether oxygens (including phenoxy) is 1. The molecule has 0 saturated carbocycles. The fraction of sp³-hybridized carbons (Fsp3) is 0.409. The minimum absolute atomic E-state index is 0.176. The Morgan fingerprint density at radius 1 is 1.10 bits per heavy atom. The Balaban J connectivity index is 2.19. The lowest BCUT2D eigenvalue weighted by Gasteiger charge is -2.25. The topological polar surface area (TPSA) is 75.7 Å². The van der Waals surface area contributed by atoms with E-state index in [1.54, 1.807) is 24.3 Å². The second-order valence-electron chi connectivity index (χ2n) is 7.08. The van der Waals surface area contributed by atoms with Crippen LogP contribution in [-0.4, -0.2) is 33.7 Å². The van der Waals surface area contributed by atoms with E-state index in [1.165, 1.54) is 0 Å². The van der Waals surface area contributed by atoms with Crippen molar-refractivity contribution >= 4 is 21.6 Å². The third kappa shape index (κ3) is 6.22. The number of hydrogen-bond donors (Lipinski definition) is 1. The minimum atomic E-state index is -3.63. The van der Waals surface area contributed by atoms with E-state index in [-0.39, 0.29) is 18.5 Å². The monoisotopic (exact) mass is 418 g/mol. The van der Waals surface area contributed by atoms with Crippen molar-refractivity contribution in [3.63, 3.8) is 0 Å². The summed E-state index contributed by atoms with van der Waals surface area (Å²) in [7, 11) is -3.63. The lowest BCUT2D eigenvalue weighted by atomic mass is 9.97. The van der Waals surface area contributed by atoms with Gasteiger partial charge in [0.1, 0.15) is 12.3 Å². The average molecular weight is 419 g/mol. The van der Waals surface area contributed by atoms with Crippen molar-refractivity contribution in [3.05, 3.63) is 59.2 Å². The standard InChI is InChI=1S/C22H30N2O4S/c1-6-21(20-13-8-16(3)14-17(20)4)23-22(25)15-24(29(5,26)27)18-9-11-19(12-10-18)28-7-2/h8-14,21H,6-7,15H2,1-5H3,(H,23,25)/t21-/m0/s1. The lowest BCUT2D eigenvalue weighted by Crippen LogP contribution is -2.41. The van der Waals surface area contributed by atoms with Crippen LogP contribution in [0.15, 0.2) is 42.5 Å². The van der Waals surface area contributed by atoms with Crippen molar-refractivity contribution in [2.45, 2.75) is 40.2 Å². The first-order chi connectivity index (χ1) is 13.7. The average Bonchev–Trinajstić information content (AvgIpc) is 2.65. The molecule has 0 radical (unpaired) electrons. The second kappa shape index (κ2) is 9.78. The largest absolute Gasteiger partial charge is 0.494 e. The van der Waals surface area contributed by atoms with E-state index in [2.05, 4.69) is 11.4 Å². The highest BCUT2D eigenvalue weighted by Crippen LogP contribution is 2.23. The minimum Gasteiger partial charge on any atom is -0.494 e. The number of carbonyl (C=O) groups excluding carboxylic acids is 1. The predicted molar refractivity (Wildman–Crippen MR) is 117 cm³/mol. The quantitative estimate of drug-likeness (QED) is 0.673. The fourth-order valence-corrected chi connectivity index (χ4v) is 4.12. The van der Waals surface area contributed by atoms with Crippen molar-refractivity contribution in [2.24, 2.45) is 0 Å². The van der Waals surface area contributed by atoms with Gasteiger partial charge >= 0.3 is 0 Å². The predicted octanol–water partition coefficient (Wildman–Crippen LogP) is 3.74. The molecule has 0 aliphatic rings. The van der Waals surface area contributed by atoms with Crippen LogP contribution in [-0.2, 0) is 14.8 Å². The third-order valence-corrected chi connectivity index (χ3v) is 5.81. The summed E-state index contributed by atoms with van der Waals surface area (Å²) in [6.07, 6.45) is 1.80. The van der Waals surface area contributed by atoms with Gasteiger partial charge in [-0.25, -0.2) is 8.42 Å². The van der Waals surface area contributed by atoms with Gasteiger partial charge in [0.15, 0.2) is 0 Å². The van der Waals surface area contributed by atoms with Crippen LogP contribution in [0.2, 0.25) is 0 Å². The van der Waals surface area contributed by atoms with E-state index >= 15 is 0 Å². The smallest absolute Gasteiger partial charge is 0.241 e. The summed E-state index contributed by atoms with van der Waals surface area (Å²) in [6.45, 7) is 8.14. The molecule has 0 heterocycles. The van der Waals surface area contributed by atoms with E-state index in [9.17, 15) is 13.2 Å². The van der Waals surface area contributed by atoms with Gasteiger partial charge in [-0.3, -0.25) is 9.10 Å². The van der Waals surface area contributed by atoms with Gasteiger partial charge in [-0.15, -0.1) is 0 Å². The summed E-state index contributed by atoms with van der Waals surface area (Å²) in [5.41, 5.74) is 3.72. The molecule has 0 aliphatic carbocycles. The normalized spacial score (nSPS) is 12.3. The number of aryl methyl sites for hydroxylation is 2. The summed E-state index contributed by atoms with van der Waals surface area (Å²) in [5, 5.41) is 2.98. The molecular weight excluding hydrogens is 388 g/mol. The summed E-state index contributed by atoms with van der Waals surface area (Å²) in [5.74, 6) is 0.297. The van der Waals surface area contributed by atoms with Crippen molar-refractivity contribution in [1.82, 2.24) is 5.32 Å². The Morgan fingerprint density at radius 3 is 2.28 bits per heavy atom. The van der Waals surface area contributed by atoms with E-state index in [1.807, 2.05) is 39.8 Å². The Kier molecular flexibility index (Phi) is 7.67. The highest BCUT2D eigenvalue weighted by Gasteiger charge is 2.23. The molecule has 7 heteroatoms. The number of benzene rings is 2. The molecule has 1 N–H and O–H groups in total. The van der Waals surface area contributed by atoms with Gasteiger partial charge in [0, 0.05) is 0 Å². The Labute approximate surface area is 173 Å². The molecular formula is C22H30N2O4S. The van der Waals surface area contributed by atoms with Gasteiger partial charge in [0.25, 0.3) is 0 Å². The maximum Gasteiger partial charge on any atom is 0.241 e. The molecule has 0 aliphatic heterocycles. The van der Waals surface area contributed by atoms with Gasteiger partial charge in [-0.05, 0) is 62.6 Å². The van der Waals surface area contributed by atoms with Crippen molar-refractivity contribution < 1.29 is 17.9 Å². The maximum atomic E-state index is 12.7. The first kappa shape index (κ1) is 22.7. The molecule has 0 saturated heterocycles. The Morgan fingerprint density at radius 2 is 1.76 bits per heavy atom. The highest BCUT2D eigenvalue weighted by molar-refractivity contribution is 7.92. The number of amides is 1. The lowest BCUT2D eigenvalue weighted by molar-refractivity contribution is -0.120. The zero-order valence-corrected chi connectivity index (χ0v) is 18.5. The van der Waals surface area contributed by atoms with Crippen molar-refractivity contribution in [1.29, 1.82) is 0 Å². The van der Waals surface area contributed by atoms with Crippen molar-refractivity contribution in [3.8, 4) is 5.75 Å². The molecule has 29 heavy (non-hydrogen) atoms. The van der Waals surface area contributed by atoms with Crippen LogP contribution < -0.4 is 14.4 Å². The molecule has 2 aromatic carbocycles. The first-order valence-corrected chi connectivity index (χ1v) is 11.6. The molecule has 0 fully saturated rings. The van der Waals surface area contributed by atoms with Crippen LogP contribution in [0.5, 0.6) is 5.75 Å². The van der Waals surface area contributed by atoms with Gasteiger partial charge in [0.2, 0.25) is 15.9 Å². The van der Waals surface area contributed by atoms with E-state index in [0.29, 0.717) is 24.5 Å². The zero-order chi connectivity index (χ0) is 21.6. The number of nitrogens with zero attached hydrogens (tertiary/aromatic N) is 1. The Hall–Kier alpha value is -2.54. The molecule has 1 amide bonds. The number of anilines is 1. The van der Waals surface area contributed by atoms with E-state index in [4.69, 9.17) is 4.74 Å². The number of nitrogens with one attached hydrogen (secondary N) is 1. The van der Waals surface area contributed by atoms with Crippen LogP contribution in [0, 0.1) is 13.8 Å². The second-order valence-corrected chi connectivity index (χ2v) is 8.99. The summed E-state index contributed by atoms with van der Waals surface area (Å²) in [6, 6.07) is 12.6. The van der Waals surface area contributed by atoms with Crippen LogP contribution in [0.4, 0.5) is 5.69 Å². The molecule has 0 aromatic heterocycles. The highest BCUT2D eigenvalue weighted by atomic mass is 32.2. The summed E-state index contributed by atoms with van der Waals surface area (Å²) in [4.78, 5) is 12.7. The van der Waals surface area contributed by atoms with E-state index in [0.717, 1.165) is 27.3 Å². The SMILES string of the molecule is CCOc1ccc(N(CC(=O)N[C@@H](CC)c2ccc(C)cc2C)S(C)(=O)=O)cc1. The third-order valence-electron chi connectivity index (χ3n) is 4.67. The molecule has 6 nitrogen and oxygen atoms in total. The first-order valence-electron chi connectivity index (χ1n) is 9.72. The number of carbonyl (C=O) groups is 1. The van der Waals surface area contributed by atoms with Crippen LogP contribution in [0.1, 0.15) is 43.0 Å². The maximum absolute atomic E-state index is 12.7. The number of hydrogen-bond acceptors (Lipinski definition) is 4. The van der Waals surface area contributed by atoms with Gasteiger partial charge < -0.3 is 10.1 Å². The number of sulfonamides is 1. The van der Waals surface area contributed by atoms with Crippen LogP contribution in [0.25, 0.3) is 0 Å². The fourth-order valence-electron chi connectivity index (χ4n) is 3.26. The number of rotatable bonds is 9. The van der Waals surface area contributed by atoms with Gasteiger partial charge in [-0.2, -0.15) is 0 Å². The van der Waals surface area contributed by atoms with Gasteiger partial charge in [0.05, 0.1) is 24.6 Å². The molecule has 2 aromatic rings. The molecule has 2 rings (SSSR count). The molecule has 0 unspecified atom stereocenters. The summed E-state index contributed by atoms with van der Waals surface area (Å²) >= 11 is 0. The summed E-state index contributed by atoms with van der Waals surface area (Å²) < 4.78 is 31.1. The molecule has 0 bridgehead atoms. The Bertz CT molecular complexity index is 940. The molecule has 0 spiro atoms.